The Bertz CT molecular complexity index is 361. The van der Waals surface area contributed by atoms with Gasteiger partial charge < -0.3 is 0 Å². The second-order valence-electron chi connectivity index (χ2n) is 5.94. The zero-order chi connectivity index (χ0) is 11.6. The molecule has 3 aliphatic rings. The molecular weight excluding hydrogens is 204 g/mol. The SMILES string of the molecule is C1=CCC(C2(C3=CCCCC3)CCCCC2)=C1. The van der Waals surface area contributed by atoms with E-state index >= 15 is 0 Å². The van der Waals surface area contributed by atoms with Gasteiger partial charge in [0.15, 0.2) is 0 Å². The van der Waals surface area contributed by atoms with Crippen LogP contribution in [0, 0.1) is 5.41 Å². The molecule has 0 amide bonds. The molecule has 0 N–H and O–H groups in total. The Morgan fingerprint density at radius 1 is 0.882 bits per heavy atom. The van der Waals surface area contributed by atoms with Crippen molar-refractivity contribution in [3.05, 3.63) is 35.5 Å². The van der Waals surface area contributed by atoms with Crippen LogP contribution in [0.2, 0.25) is 0 Å². The molecule has 0 aromatic carbocycles. The van der Waals surface area contributed by atoms with Gasteiger partial charge in [0, 0.05) is 5.41 Å². The van der Waals surface area contributed by atoms with Gasteiger partial charge >= 0.3 is 0 Å². The number of allylic oxidation sites excluding steroid dienone is 6. The van der Waals surface area contributed by atoms with Gasteiger partial charge in [-0.3, -0.25) is 0 Å². The van der Waals surface area contributed by atoms with Crippen LogP contribution in [-0.2, 0) is 0 Å². The van der Waals surface area contributed by atoms with E-state index in [1.165, 1.54) is 64.2 Å². The first-order valence-electron chi connectivity index (χ1n) is 7.47. The van der Waals surface area contributed by atoms with Gasteiger partial charge in [-0.1, -0.05) is 54.7 Å². The molecule has 0 bridgehead atoms. The second-order valence-corrected chi connectivity index (χ2v) is 5.94. The third kappa shape index (κ3) is 2.03. The fourth-order valence-corrected chi connectivity index (χ4v) is 4.08. The molecule has 0 heterocycles. The van der Waals surface area contributed by atoms with Gasteiger partial charge in [0.2, 0.25) is 0 Å². The monoisotopic (exact) mass is 228 g/mol. The molecule has 17 heavy (non-hydrogen) atoms. The fraction of sp³-hybridized carbons (Fsp3) is 0.647. The third-order valence-corrected chi connectivity index (χ3v) is 5.00. The highest BCUT2D eigenvalue weighted by Crippen LogP contribution is 2.52. The Balaban J connectivity index is 1.92. The summed E-state index contributed by atoms with van der Waals surface area (Å²) in [5.41, 5.74) is 4.02. The maximum absolute atomic E-state index is 2.59. The molecule has 0 atom stereocenters. The van der Waals surface area contributed by atoms with Crippen molar-refractivity contribution in [3.8, 4) is 0 Å². The summed E-state index contributed by atoms with van der Waals surface area (Å²) < 4.78 is 0. The summed E-state index contributed by atoms with van der Waals surface area (Å²) in [6, 6.07) is 0. The van der Waals surface area contributed by atoms with E-state index in [-0.39, 0.29) is 0 Å². The highest BCUT2D eigenvalue weighted by Gasteiger charge is 2.38. The van der Waals surface area contributed by atoms with Crippen molar-refractivity contribution in [1.29, 1.82) is 0 Å². The fourth-order valence-electron chi connectivity index (χ4n) is 4.08. The van der Waals surface area contributed by atoms with Crippen LogP contribution in [0.4, 0.5) is 0 Å². The van der Waals surface area contributed by atoms with Crippen molar-refractivity contribution in [2.45, 2.75) is 64.2 Å². The molecule has 0 unspecified atom stereocenters. The van der Waals surface area contributed by atoms with Crippen LogP contribution in [0.5, 0.6) is 0 Å². The molecular formula is C17H24. The summed E-state index contributed by atoms with van der Waals surface area (Å²) in [4.78, 5) is 0. The molecule has 1 saturated carbocycles. The number of hydrogen-bond acceptors (Lipinski definition) is 0. The maximum atomic E-state index is 2.59. The van der Waals surface area contributed by atoms with Crippen molar-refractivity contribution in [2.75, 3.05) is 0 Å². The summed E-state index contributed by atoms with van der Waals surface area (Å²) in [5, 5.41) is 0. The minimum Gasteiger partial charge on any atom is -0.0844 e. The van der Waals surface area contributed by atoms with Crippen LogP contribution >= 0.6 is 0 Å². The van der Waals surface area contributed by atoms with Gasteiger partial charge in [0.25, 0.3) is 0 Å². The lowest BCUT2D eigenvalue weighted by atomic mass is 9.62. The first-order chi connectivity index (χ1) is 8.42. The molecule has 0 aromatic heterocycles. The van der Waals surface area contributed by atoms with Crippen molar-refractivity contribution in [1.82, 2.24) is 0 Å². The molecule has 0 aliphatic heterocycles. The van der Waals surface area contributed by atoms with Crippen molar-refractivity contribution >= 4 is 0 Å². The van der Waals surface area contributed by atoms with E-state index in [4.69, 9.17) is 0 Å². The Labute approximate surface area is 105 Å². The molecule has 92 valence electrons. The number of hydrogen-bond donors (Lipinski definition) is 0. The lowest BCUT2D eigenvalue weighted by Crippen LogP contribution is -2.29. The Kier molecular flexibility index (Phi) is 3.22. The van der Waals surface area contributed by atoms with Crippen molar-refractivity contribution < 1.29 is 0 Å². The van der Waals surface area contributed by atoms with Gasteiger partial charge in [-0.15, -0.1) is 0 Å². The minimum absolute atomic E-state index is 0.488. The summed E-state index contributed by atoms with van der Waals surface area (Å²) in [6.45, 7) is 0. The Hall–Kier alpha value is -0.780. The topological polar surface area (TPSA) is 0 Å². The van der Waals surface area contributed by atoms with Gasteiger partial charge in [0.1, 0.15) is 0 Å². The van der Waals surface area contributed by atoms with Crippen LogP contribution in [0.3, 0.4) is 0 Å². The Morgan fingerprint density at radius 2 is 1.76 bits per heavy atom. The second kappa shape index (κ2) is 4.84. The van der Waals surface area contributed by atoms with Crippen LogP contribution in [-0.4, -0.2) is 0 Å². The molecule has 0 nitrogen and oxygen atoms in total. The molecule has 0 saturated heterocycles. The normalized spacial score (nSPS) is 27.8. The van der Waals surface area contributed by atoms with E-state index < -0.39 is 0 Å². The predicted molar refractivity (Wildman–Crippen MR) is 73.9 cm³/mol. The lowest BCUT2D eigenvalue weighted by Gasteiger charge is -2.42. The summed E-state index contributed by atoms with van der Waals surface area (Å²) in [5.74, 6) is 0. The van der Waals surface area contributed by atoms with Gasteiger partial charge in [-0.05, 0) is 44.9 Å². The zero-order valence-electron chi connectivity index (χ0n) is 10.9. The maximum Gasteiger partial charge on any atom is 0.0127 e. The molecule has 3 rings (SSSR count). The van der Waals surface area contributed by atoms with E-state index in [1.54, 1.807) is 11.1 Å². The van der Waals surface area contributed by atoms with Crippen LogP contribution in [0.25, 0.3) is 0 Å². The highest BCUT2D eigenvalue weighted by atomic mass is 14.4. The number of rotatable bonds is 2. The summed E-state index contributed by atoms with van der Waals surface area (Å²) in [7, 11) is 0. The largest absolute Gasteiger partial charge is 0.0844 e. The van der Waals surface area contributed by atoms with Gasteiger partial charge in [0.05, 0.1) is 0 Å². The van der Waals surface area contributed by atoms with E-state index in [2.05, 4.69) is 24.3 Å². The first-order valence-corrected chi connectivity index (χ1v) is 7.47. The standard InChI is InChI=1S/C17H24/c1-3-9-15(10-4-1)17(13-7-2-8-14-17)16-11-5-6-12-16/h5-6,9,11H,1-4,7-8,10,12-14H2. The minimum atomic E-state index is 0.488. The van der Waals surface area contributed by atoms with Gasteiger partial charge in [-0.2, -0.15) is 0 Å². The van der Waals surface area contributed by atoms with Crippen LogP contribution in [0.1, 0.15) is 64.2 Å². The molecule has 1 fully saturated rings. The Morgan fingerprint density at radius 3 is 2.41 bits per heavy atom. The van der Waals surface area contributed by atoms with Gasteiger partial charge in [-0.25, -0.2) is 0 Å². The zero-order valence-corrected chi connectivity index (χ0v) is 10.9. The van der Waals surface area contributed by atoms with E-state index in [9.17, 15) is 0 Å². The first kappa shape index (κ1) is 11.3. The van der Waals surface area contributed by atoms with E-state index in [0.717, 1.165) is 0 Å². The average Bonchev–Trinajstić information content (AvgIpc) is 2.95. The van der Waals surface area contributed by atoms with Crippen LogP contribution in [0.15, 0.2) is 35.5 Å². The average molecular weight is 228 g/mol. The van der Waals surface area contributed by atoms with Crippen molar-refractivity contribution in [2.24, 2.45) is 5.41 Å². The quantitative estimate of drug-likeness (QED) is 0.561. The molecule has 3 aliphatic carbocycles. The highest BCUT2D eigenvalue weighted by molar-refractivity contribution is 5.38. The van der Waals surface area contributed by atoms with E-state index in [1.807, 2.05) is 0 Å². The molecule has 0 heteroatoms. The van der Waals surface area contributed by atoms with Crippen molar-refractivity contribution in [3.63, 3.8) is 0 Å². The molecule has 0 spiro atoms. The summed E-state index contributed by atoms with van der Waals surface area (Å²) >= 11 is 0. The molecule has 0 aromatic rings. The lowest BCUT2D eigenvalue weighted by molar-refractivity contribution is 0.274. The smallest absolute Gasteiger partial charge is 0.0127 e. The van der Waals surface area contributed by atoms with Crippen LogP contribution < -0.4 is 0 Å². The summed E-state index contributed by atoms with van der Waals surface area (Å²) in [6.07, 6.45) is 23.6. The van der Waals surface area contributed by atoms with E-state index in [0.29, 0.717) is 5.41 Å². The predicted octanol–water partition coefficient (Wildman–Crippen LogP) is 5.32. The molecule has 0 radical (unpaired) electrons. The third-order valence-electron chi connectivity index (χ3n) is 5.00.